The zero-order valence-electron chi connectivity index (χ0n) is 33.0. The van der Waals surface area contributed by atoms with Gasteiger partial charge in [0.05, 0.1) is 22.1 Å². The molecule has 5 nitrogen and oxygen atoms in total. The minimum absolute atomic E-state index is 0.189. The summed E-state index contributed by atoms with van der Waals surface area (Å²) in [5.41, 5.74) is 13.1. The van der Waals surface area contributed by atoms with Gasteiger partial charge in [-0.05, 0) is 92.0 Å². The number of benzene rings is 10. The van der Waals surface area contributed by atoms with Gasteiger partial charge in [-0.15, -0.1) is 0 Å². The van der Waals surface area contributed by atoms with Crippen LogP contribution in [0.2, 0.25) is 0 Å². The average Bonchev–Trinajstić information content (AvgIpc) is 3.83. The second-order valence-corrected chi connectivity index (χ2v) is 15.6. The maximum absolute atomic E-state index is 8.89. The summed E-state index contributed by atoms with van der Waals surface area (Å²) in [5.74, 6) is 0.783. The Morgan fingerprint density at radius 3 is 1.44 bits per heavy atom. The van der Waals surface area contributed by atoms with E-state index in [9.17, 15) is 0 Å². The second kappa shape index (κ2) is 13.9. The lowest BCUT2D eigenvalue weighted by molar-refractivity contribution is 1.08. The molecule has 0 fully saturated rings. The summed E-state index contributed by atoms with van der Waals surface area (Å²) in [5, 5.41) is 21.2. The van der Waals surface area contributed by atoms with Crippen LogP contribution in [-0.2, 0) is 0 Å². The summed E-state index contributed by atoms with van der Waals surface area (Å²) < 4.78 is 4.52. The van der Waals surface area contributed by atoms with Gasteiger partial charge < -0.3 is 4.57 Å². The van der Waals surface area contributed by atoms with Crippen molar-refractivity contribution < 1.29 is 0 Å². The first-order chi connectivity index (χ1) is 30.2. The number of fused-ring (bicyclic) bond motifs is 12. The quantitative estimate of drug-likeness (QED) is 0.102. The molecular formula is C56H37N5. The Kier molecular flexibility index (Phi) is 7.93. The molecule has 0 atom stereocenters. The third-order valence-electron chi connectivity index (χ3n) is 12.2. The molecule has 10 aromatic carbocycles. The van der Waals surface area contributed by atoms with E-state index in [0.717, 1.165) is 49.7 Å². The summed E-state index contributed by atoms with van der Waals surface area (Å²) in [6.45, 7) is 0. The molecule has 0 saturated heterocycles. The van der Waals surface area contributed by atoms with E-state index in [1.165, 1.54) is 54.1 Å². The number of nitrogens with one attached hydrogen (secondary N) is 2. The molecule has 12 rings (SSSR count). The molecule has 0 unspecified atom stereocenters. The van der Waals surface area contributed by atoms with Crippen molar-refractivity contribution in [2.75, 3.05) is 5.43 Å². The molecule has 12 aromatic rings. The van der Waals surface area contributed by atoms with Crippen molar-refractivity contribution in [3.05, 3.63) is 223 Å². The molecule has 0 aliphatic rings. The number of nitrogens with zero attached hydrogens (tertiary/aromatic N) is 3. The van der Waals surface area contributed by atoms with Gasteiger partial charge in [-0.1, -0.05) is 164 Å². The highest BCUT2D eigenvalue weighted by Crippen LogP contribution is 2.40. The van der Waals surface area contributed by atoms with Crippen LogP contribution in [0, 0.1) is 5.41 Å². The molecule has 286 valence electrons. The van der Waals surface area contributed by atoms with Crippen LogP contribution in [0.4, 0.5) is 0 Å². The smallest absolute Gasteiger partial charge is 0.154 e. The third-order valence-corrected chi connectivity index (χ3v) is 12.2. The topological polar surface area (TPSA) is 58.1 Å². The van der Waals surface area contributed by atoms with Crippen molar-refractivity contribution in [2.45, 2.75) is 0 Å². The monoisotopic (exact) mass is 779 g/mol. The number of hydrogen-bond acceptors (Lipinski definition) is 1. The summed E-state index contributed by atoms with van der Waals surface area (Å²) >= 11 is 0. The van der Waals surface area contributed by atoms with E-state index < -0.39 is 0 Å². The maximum Gasteiger partial charge on any atom is 0.154 e. The lowest BCUT2D eigenvalue weighted by Crippen LogP contribution is -2.25. The molecular weight excluding hydrogens is 743 g/mol. The van der Waals surface area contributed by atoms with Crippen LogP contribution < -0.4 is 5.43 Å². The number of aliphatic imine (C=N–C) groups is 1. The first kappa shape index (κ1) is 34.7. The van der Waals surface area contributed by atoms with Crippen LogP contribution in [0.25, 0.3) is 92.7 Å². The Balaban J connectivity index is 0.989. The van der Waals surface area contributed by atoms with Crippen molar-refractivity contribution in [2.24, 2.45) is 4.99 Å². The Hall–Kier alpha value is -8.28. The van der Waals surface area contributed by atoms with E-state index in [-0.39, 0.29) is 5.84 Å². The number of amidine groups is 2. The highest BCUT2D eigenvalue weighted by atomic mass is 15.4. The first-order valence-corrected chi connectivity index (χ1v) is 20.6. The predicted molar refractivity (Wildman–Crippen MR) is 257 cm³/mol. The van der Waals surface area contributed by atoms with E-state index in [0.29, 0.717) is 5.84 Å². The molecule has 0 amide bonds. The Morgan fingerprint density at radius 1 is 0.361 bits per heavy atom. The normalized spacial score (nSPS) is 12.1. The lowest BCUT2D eigenvalue weighted by Gasteiger charge is -2.15. The largest absolute Gasteiger partial charge is 0.309 e. The van der Waals surface area contributed by atoms with E-state index >= 15 is 0 Å². The lowest BCUT2D eigenvalue weighted by atomic mass is 9.94. The Morgan fingerprint density at radius 2 is 0.803 bits per heavy atom. The fraction of sp³-hybridized carbons (Fsp3) is 0. The van der Waals surface area contributed by atoms with Gasteiger partial charge in [0.15, 0.2) is 11.7 Å². The molecule has 2 aromatic heterocycles. The van der Waals surface area contributed by atoms with Crippen molar-refractivity contribution >= 4 is 87.6 Å². The number of para-hydroxylation sites is 2. The molecule has 0 aliphatic carbocycles. The zero-order chi connectivity index (χ0) is 40.4. The second-order valence-electron chi connectivity index (χ2n) is 15.6. The van der Waals surface area contributed by atoms with Crippen LogP contribution in [0.3, 0.4) is 0 Å². The van der Waals surface area contributed by atoms with Crippen molar-refractivity contribution in [3.8, 4) is 16.8 Å². The predicted octanol–water partition coefficient (Wildman–Crippen LogP) is 14.0. The van der Waals surface area contributed by atoms with E-state index in [2.05, 4.69) is 166 Å². The van der Waals surface area contributed by atoms with Crippen LogP contribution in [0.5, 0.6) is 0 Å². The summed E-state index contributed by atoms with van der Waals surface area (Å²) in [7, 11) is 0. The molecule has 5 heteroatoms. The minimum atomic E-state index is 0.189. The van der Waals surface area contributed by atoms with Crippen molar-refractivity contribution in [1.82, 2.24) is 9.24 Å². The SMILES string of the molecule is N=C(N=C(Nn1c2ccccc2c2cc(-c3ccc4c(c3)c3ccccc3n4-c3ccc4c5ccccc5c5ccccc5c4c3)ccc21)c1ccccc1)c1ccccc1. The number of hydrogen-bond donors (Lipinski definition) is 2. The fourth-order valence-electron chi connectivity index (χ4n) is 9.37. The standard InChI is InChI=1S/C56H37N5/c57-55(36-15-3-1-4-16-36)58-56(37-17-5-2-6-18-37)59-61-53-26-14-12-24-47(53)50-34-39(28-32-54(50)61)38-27-31-52-49(33-38)46-23-11-13-25-51(46)60(52)40-29-30-45-43-21-8-7-19-41(43)42-20-9-10-22-44(42)48(45)35-40/h1-35H,(H2,57,58,59). The summed E-state index contributed by atoms with van der Waals surface area (Å²) in [6.07, 6.45) is 0. The van der Waals surface area contributed by atoms with Gasteiger partial charge in [-0.25, -0.2) is 4.99 Å². The summed E-state index contributed by atoms with van der Waals surface area (Å²) in [6, 6.07) is 75.0. The van der Waals surface area contributed by atoms with Gasteiger partial charge >= 0.3 is 0 Å². The van der Waals surface area contributed by atoms with Gasteiger partial charge in [0.25, 0.3) is 0 Å². The molecule has 61 heavy (non-hydrogen) atoms. The maximum atomic E-state index is 8.89. The van der Waals surface area contributed by atoms with Crippen LogP contribution >= 0.6 is 0 Å². The van der Waals surface area contributed by atoms with Gasteiger partial charge in [0.1, 0.15) is 0 Å². The molecule has 2 heterocycles. The van der Waals surface area contributed by atoms with Gasteiger partial charge in [-0.3, -0.25) is 15.5 Å². The molecule has 0 saturated carbocycles. The average molecular weight is 780 g/mol. The van der Waals surface area contributed by atoms with Crippen LogP contribution in [-0.4, -0.2) is 20.9 Å². The highest BCUT2D eigenvalue weighted by molar-refractivity contribution is 6.26. The van der Waals surface area contributed by atoms with E-state index in [1.54, 1.807) is 0 Å². The van der Waals surface area contributed by atoms with Crippen molar-refractivity contribution in [1.29, 1.82) is 5.41 Å². The zero-order valence-corrected chi connectivity index (χ0v) is 33.0. The molecule has 0 bridgehead atoms. The number of rotatable bonds is 5. The minimum Gasteiger partial charge on any atom is -0.309 e. The van der Waals surface area contributed by atoms with Crippen LogP contribution in [0.15, 0.2) is 217 Å². The van der Waals surface area contributed by atoms with Gasteiger partial charge in [-0.2, -0.15) is 0 Å². The molecule has 0 aliphatic heterocycles. The van der Waals surface area contributed by atoms with Gasteiger partial charge in [0.2, 0.25) is 0 Å². The van der Waals surface area contributed by atoms with Gasteiger partial charge in [0, 0.05) is 38.4 Å². The molecule has 0 radical (unpaired) electrons. The molecule has 2 N–H and O–H groups in total. The van der Waals surface area contributed by atoms with E-state index in [4.69, 9.17) is 10.4 Å². The fourth-order valence-corrected chi connectivity index (χ4v) is 9.37. The summed E-state index contributed by atoms with van der Waals surface area (Å²) in [4.78, 5) is 4.85. The Bertz CT molecular complexity index is 3710. The van der Waals surface area contributed by atoms with Crippen LogP contribution in [0.1, 0.15) is 11.1 Å². The molecule has 0 spiro atoms. The highest BCUT2D eigenvalue weighted by Gasteiger charge is 2.18. The van der Waals surface area contributed by atoms with Crippen molar-refractivity contribution in [3.63, 3.8) is 0 Å². The van der Waals surface area contributed by atoms with E-state index in [1.807, 2.05) is 60.7 Å². The third kappa shape index (κ3) is 5.63. The Labute approximate surface area is 351 Å². The first-order valence-electron chi connectivity index (χ1n) is 20.6. The number of aromatic nitrogens is 2.